The predicted molar refractivity (Wildman–Crippen MR) is 58.7 cm³/mol. The van der Waals surface area contributed by atoms with E-state index < -0.39 is 0 Å². The first-order chi connectivity index (χ1) is 6.43. The molecule has 14 heavy (non-hydrogen) atoms. The Bertz CT molecular complexity index is 367. The summed E-state index contributed by atoms with van der Waals surface area (Å²) in [5.74, 6) is 0.0781. The van der Waals surface area contributed by atoms with E-state index in [2.05, 4.69) is 6.07 Å². The molecule has 0 saturated heterocycles. The van der Waals surface area contributed by atoms with Crippen LogP contribution in [0.25, 0.3) is 0 Å². The van der Waals surface area contributed by atoms with E-state index in [0.717, 1.165) is 16.7 Å². The average Bonchev–Trinajstić information content (AvgIpc) is 2.09. The van der Waals surface area contributed by atoms with Gasteiger partial charge in [0.25, 0.3) is 5.91 Å². The van der Waals surface area contributed by atoms with Crippen molar-refractivity contribution in [1.82, 2.24) is 4.90 Å². The van der Waals surface area contributed by atoms with Crippen LogP contribution < -0.4 is 0 Å². The highest BCUT2D eigenvalue weighted by atomic mass is 16.2. The molecule has 0 atom stereocenters. The molecule has 0 unspecified atom stereocenters. The SMILES string of the molecule is Cc1cc(C)c(C)c(C(=O)N(C)C)c1. The van der Waals surface area contributed by atoms with Gasteiger partial charge in [0.1, 0.15) is 0 Å². The van der Waals surface area contributed by atoms with Crippen LogP contribution in [0.4, 0.5) is 0 Å². The van der Waals surface area contributed by atoms with Crippen LogP contribution in [0.5, 0.6) is 0 Å². The van der Waals surface area contributed by atoms with Crippen LogP contribution >= 0.6 is 0 Å². The van der Waals surface area contributed by atoms with Crippen molar-refractivity contribution in [1.29, 1.82) is 0 Å². The van der Waals surface area contributed by atoms with Gasteiger partial charge in [-0.25, -0.2) is 0 Å². The molecule has 76 valence electrons. The fraction of sp³-hybridized carbons (Fsp3) is 0.417. The average molecular weight is 191 g/mol. The fourth-order valence-electron chi connectivity index (χ4n) is 1.50. The normalized spacial score (nSPS) is 10.1. The van der Waals surface area contributed by atoms with Crippen molar-refractivity contribution in [3.05, 3.63) is 34.4 Å². The Morgan fingerprint density at radius 3 is 2.21 bits per heavy atom. The Morgan fingerprint density at radius 1 is 1.14 bits per heavy atom. The van der Waals surface area contributed by atoms with Crippen LogP contribution in [0, 0.1) is 20.8 Å². The van der Waals surface area contributed by atoms with E-state index in [-0.39, 0.29) is 5.91 Å². The zero-order valence-corrected chi connectivity index (χ0v) is 9.51. The van der Waals surface area contributed by atoms with Gasteiger partial charge in [0.05, 0.1) is 0 Å². The summed E-state index contributed by atoms with van der Waals surface area (Å²) < 4.78 is 0. The minimum absolute atomic E-state index is 0.0781. The van der Waals surface area contributed by atoms with Crippen molar-refractivity contribution in [2.45, 2.75) is 20.8 Å². The molecule has 2 heteroatoms. The zero-order valence-electron chi connectivity index (χ0n) is 9.51. The predicted octanol–water partition coefficient (Wildman–Crippen LogP) is 2.31. The maximum Gasteiger partial charge on any atom is 0.253 e. The van der Waals surface area contributed by atoms with Crippen molar-refractivity contribution in [3.8, 4) is 0 Å². The lowest BCUT2D eigenvalue weighted by atomic mass is 9.99. The molecule has 0 aliphatic heterocycles. The molecule has 1 amide bonds. The van der Waals surface area contributed by atoms with E-state index >= 15 is 0 Å². The lowest BCUT2D eigenvalue weighted by Crippen LogP contribution is -2.22. The molecule has 0 radical (unpaired) electrons. The molecule has 0 heterocycles. The number of aryl methyl sites for hydroxylation is 2. The molecule has 1 aromatic carbocycles. The molecular formula is C12H17NO. The fourth-order valence-corrected chi connectivity index (χ4v) is 1.50. The summed E-state index contributed by atoms with van der Waals surface area (Å²) in [6.07, 6.45) is 0. The molecule has 0 saturated carbocycles. The zero-order chi connectivity index (χ0) is 10.9. The lowest BCUT2D eigenvalue weighted by Gasteiger charge is -2.14. The second-order valence-electron chi connectivity index (χ2n) is 3.95. The van der Waals surface area contributed by atoms with E-state index in [1.165, 1.54) is 5.56 Å². The van der Waals surface area contributed by atoms with Crippen LogP contribution in [-0.4, -0.2) is 24.9 Å². The Balaban J connectivity index is 3.27. The summed E-state index contributed by atoms with van der Waals surface area (Å²) in [6.45, 7) is 6.04. The number of hydrogen-bond donors (Lipinski definition) is 0. The van der Waals surface area contributed by atoms with Gasteiger partial charge >= 0.3 is 0 Å². The third-order valence-electron chi connectivity index (χ3n) is 2.45. The standard InChI is InChI=1S/C12H17NO/c1-8-6-9(2)10(3)11(7-8)12(14)13(4)5/h6-7H,1-5H3. The minimum Gasteiger partial charge on any atom is -0.345 e. The number of carbonyl (C=O) groups excluding carboxylic acids is 1. The first kappa shape index (κ1) is 10.8. The summed E-state index contributed by atoms with van der Waals surface area (Å²) in [5.41, 5.74) is 4.20. The van der Waals surface area contributed by atoms with Gasteiger partial charge < -0.3 is 4.90 Å². The number of amides is 1. The third-order valence-corrected chi connectivity index (χ3v) is 2.45. The number of hydrogen-bond acceptors (Lipinski definition) is 1. The van der Waals surface area contributed by atoms with Gasteiger partial charge in [-0.05, 0) is 38.0 Å². The monoisotopic (exact) mass is 191 g/mol. The Kier molecular flexibility index (Phi) is 2.94. The van der Waals surface area contributed by atoms with Crippen molar-refractivity contribution >= 4 is 5.91 Å². The van der Waals surface area contributed by atoms with Crippen molar-refractivity contribution < 1.29 is 4.79 Å². The van der Waals surface area contributed by atoms with Crippen molar-refractivity contribution in [3.63, 3.8) is 0 Å². The van der Waals surface area contributed by atoms with Crippen LogP contribution in [-0.2, 0) is 0 Å². The Morgan fingerprint density at radius 2 is 1.71 bits per heavy atom. The maximum atomic E-state index is 11.8. The van der Waals surface area contributed by atoms with E-state index in [4.69, 9.17) is 0 Å². The van der Waals surface area contributed by atoms with E-state index in [0.29, 0.717) is 0 Å². The number of benzene rings is 1. The van der Waals surface area contributed by atoms with Gasteiger partial charge in [-0.3, -0.25) is 4.79 Å². The van der Waals surface area contributed by atoms with Gasteiger partial charge in [0.2, 0.25) is 0 Å². The van der Waals surface area contributed by atoms with Crippen LogP contribution in [0.2, 0.25) is 0 Å². The topological polar surface area (TPSA) is 20.3 Å². The molecule has 0 aliphatic carbocycles. The summed E-state index contributed by atoms with van der Waals surface area (Å²) >= 11 is 0. The van der Waals surface area contributed by atoms with E-state index in [1.54, 1.807) is 19.0 Å². The number of rotatable bonds is 1. The second kappa shape index (κ2) is 3.82. The Labute approximate surface area is 85.5 Å². The molecular weight excluding hydrogens is 174 g/mol. The maximum absolute atomic E-state index is 11.8. The molecule has 1 aromatic rings. The van der Waals surface area contributed by atoms with Gasteiger partial charge in [0, 0.05) is 19.7 Å². The molecule has 0 N–H and O–H groups in total. The number of nitrogens with zero attached hydrogens (tertiary/aromatic N) is 1. The van der Waals surface area contributed by atoms with Crippen molar-refractivity contribution in [2.75, 3.05) is 14.1 Å². The van der Waals surface area contributed by atoms with Crippen LogP contribution in [0.1, 0.15) is 27.0 Å². The Hall–Kier alpha value is -1.31. The number of carbonyl (C=O) groups is 1. The van der Waals surface area contributed by atoms with Crippen LogP contribution in [0.3, 0.4) is 0 Å². The second-order valence-corrected chi connectivity index (χ2v) is 3.95. The highest BCUT2D eigenvalue weighted by molar-refractivity contribution is 5.95. The summed E-state index contributed by atoms with van der Waals surface area (Å²) in [7, 11) is 3.55. The molecule has 0 aliphatic rings. The first-order valence-corrected chi connectivity index (χ1v) is 4.73. The summed E-state index contributed by atoms with van der Waals surface area (Å²) in [6, 6.07) is 4.05. The lowest BCUT2D eigenvalue weighted by molar-refractivity contribution is 0.0826. The quantitative estimate of drug-likeness (QED) is 0.667. The molecule has 0 fully saturated rings. The van der Waals surface area contributed by atoms with E-state index in [9.17, 15) is 4.79 Å². The highest BCUT2D eigenvalue weighted by Crippen LogP contribution is 2.16. The smallest absolute Gasteiger partial charge is 0.253 e. The largest absolute Gasteiger partial charge is 0.345 e. The van der Waals surface area contributed by atoms with Gasteiger partial charge in [-0.15, -0.1) is 0 Å². The van der Waals surface area contributed by atoms with Gasteiger partial charge in [-0.2, -0.15) is 0 Å². The van der Waals surface area contributed by atoms with Gasteiger partial charge in [0.15, 0.2) is 0 Å². The highest BCUT2D eigenvalue weighted by Gasteiger charge is 2.12. The molecule has 1 rings (SSSR count). The third kappa shape index (κ3) is 1.95. The van der Waals surface area contributed by atoms with Crippen molar-refractivity contribution in [2.24, 2.45) is 0 Å². The van der Waals surface area contributed by atoms with E-state index in [1.807, 2.05) is 26.8 Å². The molecule has 0 bridgehead atoms. The summed E-state index contributed by atoms with van der Waals surface area (Å²) in [4.78, 5) is 13.4. The van der Waals surface area contributed by atoms with Crippen LogP contribution in [0.15, 0.2) is 12.1 Å². The minimum atomic E-state index is 0.0781. The first-order valence-electron chi connectivity index (χ1n) is 4.73. The molecule has 2 nitrogen and oxygen atoms in total. The molecule has 0 aromatic heterocycles. The van der Waals surface area contributed by atoms with Gasteiger partial charge in [-0.1, -0.05) is 11.6 Å². The summed E-state index contributed by atoms with van der Waals surface area (Å²) in [5, 5.41) is 0. The molecule has 0 spiro atoms.